The molecule has 0 aromatic rings. The fraction of sp³-hybridized carbons (Fsp3) is 1.00. The third kappa shape index (κ3) is 71.6. The van der Waals surface area contributed by atoms with Crippen LogP contribution in [0, 0.1) is 0 Å². The van der Waals surface area contributed by atoms with E-state index in [1.54, 1.807) is 0 Å². The summed E-state index contributed by atoms with van der Waals surface area (Å²) in [6.07, 6.45) is 23.4. The molecule has 0 saturated carbocycles. The molecule has 0 aromatic heterocycles. The SMILES string of the molecule is CCCCCCCCCCCCOS(=O)(=O)[O-].CCCCCCCCCCCCOS(=O)(=O)[O-].OCCOCCOCCOCCO.[Na+].[Na+]. The molecule has 0 bridgehead atoms. The Morgan fingerprint density at radius 2 is 0.612 bits per heavy atom. The minimum absolute atomic E-state index is 0. The van der Waals surface area contributed by atoms with E-state index < -0.39 is 20.8 Å². The van der Waals surface area contributed by atoms with Crippen molar-refractivity contribution in [1.82, 2.24) is 0 Å². The first-order chi connectivity index (χ1) is 22.5. The fourth-order valence-corrected chi connectivity index (χ4v) is 4.82. The molecule has 17 heteroatoms. The average molecular weight is 771 g/mol. The van der Waals surface area contributed by atoms with Crippen molar-refractivity contribution in [1.29, 1.82) is 0 Å². The minimum Gasteiger partial charge on any atom is -0.726 e. The Balaban J connectivity index is -0.000000196. The maximum absolute atomic E-state index is 10.1. The third-order valence-corrected chi connectivity index (χ3v) is 7.58. The Hall–Kier alpha value is 1.54. The van der Waals surface area contributed by atoms with Crippen molar-refractivity contribution < 1.29 is 118 Å². The maximum atomic E-state index is 10.1. The molecule has 2 N–H and O–H groups in total. The van der Waals surface area contributed by atoms with Crippen LogP contribution >= 0.6 is 0 Å². The number of rotatable bonds is 34. The van der Waals surface area contributed by atoms with Crippen LogP contribution in [-0.2, 0) is 43.4 Å². The van der Waals surface area contributed by atoms with Gasteiger partial charge in [0.25, 0.3) is 0 Å². The van der Waals surface area contributed by atoms with Gasteiger partial charge in [-0.1, -0.05) is 129 Å². The first-order valence-electron chi connectivity index (χ1n) is 17.7. The molecule has 0 radical (unpaired) electrons. The molecule has 0 unspecified atom stereocenters. The summed E-state index contributed by atoms with van der Waals surface area (Å²) >= 11 is 0. The average Bonchev–Trinajstić information content (AvgIpc) is 3.01. The summed E-state index contributed by atoms with van der Waals surface area (Å²) in [4.78, 5) is 0. The van der Waals surface area contributed by atoms with Crippen LogP contribution in [0.3, 0.4) is 0 Å². The van der Waals surface area contributed by atoms with Crippen LogP contribution in [0.15, 0.2) is 0 Å². The van der Waals surface area contributed by atoms with Crippen LogP contribution in [0.5, 0.6) is 0 Å². The molecule has 0 spiro atoms. The first kappa shape index (κ1) is 59.8. The van der Waals surface area contributed by atoms with E-state index >= 15 is 0 Å². The van der Waals surface area contributed by atoms with E-state index in [1.807, 2.05) is 0 Å². The van der Waals surface area contributed by atoms with Gasteiger partial charge in [-0.15, -0.1) is 0 Å². The van der Waals surface area contributed by atoms with Crippen LogP contribution in [0.2, 0.25) is 0 Å². The van der Waals surface area contributed by atoms with Gasteiger partial charge in [-0.3, -0.25) is 8.37 Å². The summed E-state index contributed by atoms with van der Waals surface area (Å²) in [7, 11) is -8.97. The normalized spacial score (nSPS) is 11.1. The standard InChI is InChI=1S/2C12H26O4S.C8H18O5.2Na/c2*1-2-3-4-5-6-7-8-9-10-11-12-16-17(13,14)15;9-1-3-11-5-7-13-8-6-12-4-2-10;;/h2*2-12H2,1H3,(H,13,14,15);9-10H,1-8H2;;/q;;;2*+1/p-2. The van der Waals surface area contributed by atoms with E-state index in [1.165, 1.54) is 89.9 Å². The topological polar surface area (TPSA) is 201 Å². The van der Waals surface area contributed by atoms with E-state index in [0.29, 0.717) is 52.5 Å². The zero-order valence-electron chi connectivity index (χ0n) is 31.4. The van der Waals surface area contributed by atoms with Gasteiger partial charge in [-0.25, -0.2) is 16.8 Å². The summed E-state index contributed by atoms with van der Waals surface area (Å²) in [5, 5.41) is 16.7. The van der Waals surface area contributed by atoms with E-state index in [4.69, 9.17) is 24.4 Å². The second-order valence-corrected chi connectivity index (χ2v) is 13.2. The van der Waals surface area contributed by atoms with Gasteiger partial charge in [0.15, 0.2) is 0 Å². The Morgan fingerprint density at radius 1 is 0.388 bits per heavy atom. The van der Waals surface area contributed by atoms with Crippen molar-refractivity contribution in [2.24, 2.45) is 0 Å². The molecule has 0 aliphatic heterocycles. The van der Waals surface area contributed by atoms with Gasteiger partial charge in [0, 0.05) is 0 Å². The van der Waals surface area contributed by atoms with Crippen molar-refractivity contribution in [2.75, 3.05) is 66.1 Å². The largest absolute Gasteiger partial charge is 1.00 e. The predicted octanol–water partition coefficient (Wildman–Crippen LogP) is -0.203. The van der Waals surface area contributed by atoms with Crippen molar-refractivity contribution >= 4 is 20.8 Å². The molecule has 0 rings (SSSR count). The second kappa shape index (κ2) is 49.5. The number of aliphatic hydroxyl groups excluding tert-OH is 2. The van der Waals surface area contributed by atoms with Gasteiger partial charge in [0.1, 0.15) is 0 Å². The molecule has 0 atom stereocenters. The predicted molar refractivity (Wildman–Crippen MR) is 182 cm³/mol. The van der Waals surface area contributed by atoms with Gasteiger partial charge >= 0.3 is 59.1 Å². The van der Waals surface area contributed by atoms with Crippen molar-refractivity contribution in [3.05, 3.63) is 0 Å². The van der Waals surface area contributed by atoms with Crippen molar-refractivity contribution in [3.63, 3.8) is 0 Å². The van der Waals surface area contributed by atoms with E-state index in [-0.39, 0.29) is 85.5 Å². The van der Waals surface area contributed by atoms with Crippen LogP contribution in [-0.4, -0.2) is 102 Å². The molecule has 0 heterocycles. The van der Waals surface area contributed by atoms with Gasteiger partial charge < -0.3 is 33.5 Å². The summed E-state index contributed by atoms with van der Waals surface area (Å²) in [6.45, 7) is 7.25. The zero-order valence-corrected chi connectivity index (χ0v) is 37.0. The Kier molecular flexibility index (Phi) is 60.5. The van der Waals surface area contributed by atoms with Crippen LogP contribution in [0.1, 0.15) is 142 Å². The summed E-state index contributed by atoms with van der Waals surface area (Å²) in [6, 6.07) is 0. The van der Waals surface area contributed by atoms with Crippen molar-refractivity contribution in [2.45, 2.75) is 142 Å². The molecule has 49 heavy (non-hydrogen) atoms. The number of hydrogen-bond donors (Lipinski definition) is 2. The van der Waals surface area contributed by atoms with Crippen molar-refractivity contribution in [3.8, 4) is 0 Å². The number of unbranched alkanes of at least 4 members (excludes halogenated alkanes) is 18. The molecule has 13 nitrogen and oxygen atoms in total. The minimum atomic E-state index is -4.48. The first-order valence-corrected chi connectivity index (χ1v) is 20.4. The van der Waals surface area contributed by atoms with Gasteiger partial charge in [-0.2, -0.15) is 0 Å². The van der Waals surface area contributed by atoms with E-state index in [9.17, 15) is 25.9 Å². The summed E-state index contributed by atoms with van der Waals surface area (Å²) in [5.41, 5.74) is 0. The molecular formula is C32H68Na2O13S2. The monoisotopic (exact) mass is 770 g/mol. The van der Waals surface area contributed by atoms with Crippen LogP contribution in [0.25, 0.3) is 0 Å². The quantitative estimate of drug-likeness (QED) is 0.0378. The van der Waals surface area contributed by atoms with E-state index in [0.717, 1.165) is 25.7 Å². The Bertz CT molecular complexity index is 730. The van der Waals surface area contributed by atoms with Crippen LogP contribution < -0.4 is 59.1 Å². The Morgan fingerprint density at radius 3 is 0.837 bits per heavy atom. The second-order valence-electron chi connectivity index (χ2n) is 11.1. The number of hydrogen-bond acceptors (Lipinski definition) is 13. The molecule has 0 aromatic carbocycles. The number of aliphatic hydroxyl groups is 2. The van der Waals surface area contributed by atoms with E-state index in [2.05, 4.69) is 22.2 Å². The molecular weight excluding hydrogens is 702 g/mol. The van der Waals surface area contributed by atoms with Gasteiger partial charge in [-0.05, 0) is 12.8 Å². The number of ether oxygens (including phenoxy) is 3. The Labute approximate surface area is 344 Å². The zero-order chi connectivity index (χ0) is 35.7. The molecule has 0 aliphatic carbocycles. The molecule has 288 valence electrons. The maximum Gasteiger partial charge on any atom is 1.00 e. The summed E-state index contributed by atoms with van der Waals surface area (Å²) in [5.74, 6) is 0. The molecule has 0 aliphatic rings. The van der Waals surface area contributed by atoms with Crippen LogP contribution in [0.4, 0.5) is 0 Å². The van der Waals surface area contributed by atoms with Gasteiger partial charge in [0.05, 0.1) is 66.1 Å². The molecule has 0 saturated heterocycles. The smallest absolute Gasteiger partial charge is 0.726 e. The van der Waals surface area contributed by atoms with Gasteiger partial charge in [0.2, 0.25) is 20.8 Å². The third-order valence-electron chi connectivity index (χ3n) is 6.67. The fourth-order valence-electron chi connectivity index (χ4n) is 4.17. The molecule has 0 amide bonds. The summed E-state index contributed by atoms with van der Waals surface area (Å²) < 4.78 is 83.9. The molecule has 0 fully saturated rings.